The molecule has 1 fully saturated rings. The minimum absolute atomic E-state index is 0.00235. The van der Waals surface area contributed by atoms with Crippen molar-refractivity contribution in [3.05, 3.63) is 64.3 Å². The Morgan fingerprint density at radius 2 is 1.85 bits per heavy atom. The van der Waals surface area contributed by atoms with Crippen molar-refractivity contribution in [3.63, 3.8) is 0 Å². The van der Waals surface area contributed by atoms with Gasteiger partial charge >= 0.3 is 5.69 Å². The standard InChI is InChI=1S/C20H24N4O2/c25-19(15-24-10-3-9-21-20(24)26)22-12-7-18(8-13-22)23-11-6-16-4-1-2-5-17(16)14-23/h1-5,9-10,18H,6-8,11-15H2. The first kappa shape index (κ1) is 17.0. The average Bonchev–Trinajstić information content (AvgIpc) is 2.69. The lowest BCUT2D eigenvalue weighted by molar-refractivity contribution is -0.133. The van der Waals surface area contributed by atoms with Gasteiger partial charge in [0.25, 0.3) is 0 Å². The van der Waals surface area contributed by atoms with E-state index < -0.39 is 0 Å². The molecule has 0 radical (unpaired) electrons. The van der Waals surface area contributed by atoms with Gasteiger partial charge in [-0.2, -0.15) is 0 Å². The first-order chi connectivity index (χ1) is 12.7. The molecule has 0 bridgehead atoms. The number of nitrogens with zero attached hydrogens (tertiary/aromatic N) is 4. The van der Waals surface area contributed by atoms with Crippen LogP contribution in [0.25, 0.3) is 0 Å². The van der Waals surface area contributed by atoms with Gasteiger partial charge in [0.1, 0.15) is 6.54 Å². The van der Waals surface area contributed by atoms with E-state index in [1.54, 1.807) is 12.3 Å². The number of aromatic nitrogens is 2. The number of fused-ring (bicyclic) bond motifs is 1. The summed E-state index contributed by atoms with van der Waals surface area (Å²) >= 11 is 0. The number of benzene rings is 1. The molecular formula is C20H24N4O2. The van der Waals surface area contributed by atoms with Crippen LogP contribution >= 0.6 is 0 Å². The van der Waals surface area contributed by atoms with E-state index in [1.165, 1.54) is 21.9 Å². The second-order valence-electron chi connectivity index (χ2n) is 7.13. The quantitative estimate of drug-likeness (QED) is 0.835. The average molecular weight is 352 g/mol. The molecule has 0 atom stereocenters. The number of carbonyl (C=O) groups excluding carboxylic acids is 1. The number of amides is 1. The van der Waals surface area contributed by atoms with Crippen molar-refractivity contribution in [1.29, 1.82) is 0 Å². The maximum Gasteiger partial charge on any atom is 0.347 e. The number of hydrogen-bond acceptors (Lipinski definition) is 4. The van der Waals surface area contributed by atoms with Crippen LogP contribution in [0.5, 0.6) is 0 Å². The van der Waals surface area contributed by atoms with Crippen LogP contribution < -0.4 is 5.69 Å². The number of likely N-dealkylation sites (tertiary alicyclic amines) is 1. The van der Waals surface area contributed by atoms with Crippen molar-refractivity contribution in [2.24, 2.45) is 0 Å². The van der Waals surface area contributed by atoms with Crippen LogP contribution in [0.3, 0.4) is 0 Å². The Morgan fingerprint density at radius 1 is 1.08 bits per heavy atom. The van der Waals surface area contributed by atoms with Crippen molar-refractivity contribution in [2.75, 3.05) is 19.6 Å². The highest BCUT2D eigenvalue weighted by Gasteiger charge is 2.28. The van der Waals surface area contributed by atoms with Crippen LogP contribution in [0.2, 0.25) is 0 Å². The molecule has 2 aliphatic rings. The molecule has 6 nitrogen and oxygen atoms in total. The molecule has 4 rings (SSSR count). The normalized spacial score (nSPS) is 18.5. The second-order valence-corrected chi connectivity index (χ2v) is 7.13. The molecule has 0 N–H and O–H groups in total. The summed E-state index contributed by atoms with van der Waals surface area (Å²) in [5.41, 5.74) is 2.54. The highest BCUT2D eigenvalue weighted by molar-refractivity contribution is 5.76. The third kappa shape index (κ3) is 3.55. The van der Waals surface area contributed by atoms with Crippen molar-refractivity contribution < 1.29 is 4.79 Å². The van der Waals surface area contributed by atoms with Gasteiger partial charge in [-0.05, 0) is 36.5 Å². The Hall–Kier alpha value is -2.47. The summed E-state index contributed by atoms with van der Waals surface area (Å²) in [6.07, 6.45) is 6.17. The lowest BCUT2D eigenvalue weighted by atomic mass is 9.95. The first-order valence-electron chi connectivity index (χ1n) is 9.31. The zero-order valence-electron chi connectivity index (χ0n) is 14.9. The monoisotopic (exact) mass is 352 g/mol. The van der Waals surface area contributed by atoms with Crippen LogP contribution in [0.4, 0.5) is 0 Å². The van der Waals surface area contributed by atoms with E-state index in [-0.39, 0.29) is 18.1 Å². The van der Waals surface area contributed by atoms with Crippen molar-refractivity contribution in [2.45, 2.75) is 38.4 Å². The van der Waals surface area contributed by atoms with Crippen LogP contribution in [0.1, 0.15) is 24.0 Å². The Labute approximate surface area is 153 Å². The van der Waals surface area contributed by atoms with Crippen molar-refractivity contribution in [3.8, 4) is 0 Å². The van der Waals surface area contributed by atoms with Crippen LogP contribution in [0, 0.1) is 0 Å². The zero-order valence-corrected chi connectivity index (χ0v) is 14.9. The summed E-state index contributed by atoms with van der Waals surface area (Å²) in [5.74, 6) is 0.00235. The SMILES string of the molecule is O=C(Cn1cccnc1=O)N1CCC(N2CCc3ccccc3C2)CC1. The van der Waals surface area contributed by atoms with E-state index in [2.05, 4.69) is 34.1 Å². The molecule has 136 valence electrons. The third-order valence-electron chi connectivity index (χ3n) is 5.58. The molecule has 1 amide bonds. The van der Waals surface area contributed by atoms with Gasteiger partial charge in [0.15, 0.2) is 0 Å². The predicted octanol–water partition coefficient (Wildman–Crippen LogP) is 1.29. The van der Waals surface area contributed by atoms with Gasteiger partial charge in [-0.25, -0.2) is 9.78 Å². The fourth-order valence-electron chi connectivity index (χ4n) is 4.06. The van der Waals surface area contributed by atoms with Gasteiger partial charge in [0.05, 0.1) is 0 Å². The highest BCUT2D eigenvalue weighted by Crippen LogP contribution is 2.24. The fraction of sp³-hybridized carbons (Fsp3) is 0.450. The summed E-state index contributed by atoms with van der Waals surface area (Å²) < 4.78 is 1.37. The molecule has 1 aromatic heterocycles. The van der Waals surface area contributed by atoms with E-state index in [0.29, 0.717) is 6.04 Å². The minimum Gasteiger partial charge on any atom is -0.341 e. The summed E-state index contributed by atoms with van der Waals surface area (Å²) in [6, 6.07) is 10.9. The molecule has 1 saturated heterocycles. The molecule has 3 heterocycles. The molecule has 0 saturated carbocycles. The minimum atomic E-state index is -0.372. The molecule has 0 aliphatic carbocycles. The Bertz CT molecular complexity index is 839. The van der Waals surface area contributed by atoms with E-state index >= 15 is 0 Å². The maximum absolute atomic E-state index is 12.5. The number of piperidine rings is 1. The van der Waals surface area contributed by atoms with Crippen LogP contribution in [-0.4, -0.2) is 50.9 Å². The van der Waals surface area contributed by atoms with Crippen molar-refractivity contribution in [1.82, 2.24) is 19.4 Å². The summed E-state index contributed by atoms with van der Waals surface area (Å²) in [7, 11) is 0. The number of carbonyl (C=O) groups is 1. The third-order valence-corrected chi connectivity index (χ3v) is 5.58. The Morgan fingerprint density at radius 3 is 2.62 bits per heavy atom. The van der Waals surface area contributed by atoms with E-state index in [0.717, 1.165) is 45.4 Å². The molecule has 6 heteroatoms. The first-order valence-corrected chi connectivity index (χ1v) is 9.31. The van der Waals surface area contributed by atoms with Gasteiger partial charge in [-0.3, -0.25) is 14.3 Å². The topological polar surface area (TPSA) is 58.4 Å². The summed E-state index contributed by atoms with van der Waals surface area (Å²) in [4.78, 5) is 32.3. The van der Waals surface area contributed by atoms with Crippen LogP contribution in [0.15, 0.2) is 47.5 Å². The van der Waals surface area contributed by atoms with Crippen molar-refractivity contribution >= 4 is 5.91 Å². The number of hydrogen-bond donors (Lipinski definition) is 0. The lowest BCUT2D eigenvalue weighted by Gasteiger charge is -2.40. The molecular weight excluding hydrogens is 328 g/mol. The largest absolute Gasteiger partial charge is 0.347 e. The summed E-state index contributed by atoms with van der Waals surface area (Å²) in [5, 5.41) is 0. The molecule has 1 aromatic carbocycles. The predicted molar refractivity (Wildman–Crippen MR) is 98.7 cm³/mol. The van der Waals surface area contributed by atoms with E-state index in [4.69, 9.17) is 0 Å². The lowest BCUT2D eigenvalue weighted by Crippen LogP contribution is -2.49. The van der Waals surface area contributed by atoms with E-state index in [9.17, 15) is 9.59 Å². The molecule has 0 spiro atoms. The molecule has 2 aromatic rings. The zero-order chi connectivity index (χ0) is 17.9. The Kier molecular flexibility index (Phi) is 4.84. The summed E-state index contributed by atoms with van der Waals surface area (Å²) in [6.45, 7) is 3.71. The smallest absolute Gasteiger partial charge is 0.341 e. The van der Waals surface area contributed by atoms with Gasteiger partial charge in [-0.15, -0.1) is 0 Å². The molecule has 26 heavy (non-hydrogen) atoms. The highest BCUT2D eigenvalue weighted by atomic mass is 16.2. The van der Waals surface area contributed by atoms with Crippen LogP contribution in [-0.2, 0) is 24.3 Å². The number of rotatable bonds is 3. The van der Waals surface area contributed by atoms with Gasteiger partial charge in [0, 0.05) is 44.6 Å². The molecule has 2 aliphatic heterocycles. The van der Waals surface area contributed by atoms with Gasteiger partial charge < -0.3 is 4.90 Å². The second kappa shape index (κ2) is 7.41. The Balaban J connectivity index is 1.32. The van der Waals surface area contributed by atoms with E-state index in [1.807, 2.05) is 4.90 Å². The molecule has 0 unspecified atom stereocenters. The van der Waals surface area contributed by atoms with Gasteiger partial charge in [-0.1, -0.05) is 24.3 Å². The maximum atomic E-state index is 12.5. The fourth-order valence-corrected chi connectivity index (χ4v) is 4.06. The van der Waals surface area contributed by atoms with Gasteiger partial charge in [0.2, 0.25) is 5.91 Å².